The highest BCUT2D eigenvalue weighted by atomic mass is 15.1. The SMILES string of the molecule is CC(C)c1nnc(C(C)C)c2c1CCNCC2. The van der Waals surface area contributed by atoms with Crippen LogP contribution in [0.3, 0.4) is 0 Å². The molecule has 0 atom stereocenters. The van der Waals surface area contributed by atoms with E-state index in [2.05, 4.69) is 43.2 Å². The molecule has 17 heavy (non-hydrogen) atoms. The fourth-order valence-electron chi connectivity index (χ4n) is 2.58. The van der Waals surface area contributed by atoms with E-state index in [1.54, 1.807) is 0 Å². The van der Waals surface area contributed by atoms with Gasteiger partial charge >= 0.3 is 0 Å². The molecule has 3 heteroatoms. The Hall–Kier alpha value is -0.960. The Labute approximate surface area is 104 Å². The van der Waals surface area contributed by atoms with Gasteiger partial charge in [-0.25, -0.2) is 0 Å². The summed E-state index contributed by atoms with van der Waals surface area (Å²) in [7, 11) is 0. The molecule has 0 bridgehead atoms. The third-order valence-electron chi connectivity index (χ3n) is 3.45. The topological polar surface area (TPSA) is 37.8 Å². The zero-order chi connectivity index (χ0) is 12.4. The lowest BCUT2D eigenvalue weighted by Crippen LogP contribution is -2.16. The van der Waals surface area contributed by atoms with Gasteiger partial charge in [-0.3, -0.25) is 0 Å². The van der Waals surface area contributed by atoms with Crippen molar-refractivity contribution in [3.05, 3.63) is 22.5 Å². The lowest BCUT2D eigenvalue weighted by atomic mass is 9.92. The maximum atomic E-state index is 4.48. The van der Waals surface area contributed by atoms with Crippen LogP contribution in [-0.2, 0) is 12.8 Å². The molecule has 2 heterocycles. The van der Waals surface area contributed by atoms with Gasteiger partial charge in [-0.2, -0.15) is 10.2 Å². The Morgan fingerprint density at radius 3 is 1.59 bits per heavy atom. The third kappa shape index (κ3) is 2.49. The predicted molar refractivity (Wildman–Crippen MR) is 70.5 cm³/mol. The van der Waals surface area contributed by atoms with E-state index >= 15 is 0 Å². The molecule has 0 fully saturated rings. The summed E-state index contributed by atoms with van der Waals surface area (Å²) in [6, 6.07) is 0. The molecule has 3 nitrogen and oxygen atoms in total. The molecule has 1 aliphatic heterocycles. The van der Waals surface area contributed by atoms with Gasteiger partial charge < -0.3 is 5.32 Å². The monoisotopic (exact) mass is 233 g/mol. The third-order valence-corrected chi connectivity index (χ3v) is 3.45. The minimum absolute atomic E-state index is 0.468. The van der Waals surface area contributed by atoms with Crippen molar-refractivity contribution in [3.63, 3.8) is 0 Å². The van der Waals surface area contributed by atoms with Crippen LogP contribution < -0.4 is 5.32 Å². The van der Waals surface area contributed by atoms with Gasteiger partial charge in [-0.1, -0.05) is 27.7 Å². The molecule has 0 aliphatic carbocycles. The minimum Gasteiger partial charge on any atom is -0.316 e. The van der Waals surface area contributed by atoms with E-state index in [9.17, 15) is 0 Å². The maximum Gasteiger partial charge on any atom is 0.0691 e. The van der Waals surface area contributed by atoms with Crippen molar-refractivity contribution in [2.75, 3.05) is 13.1 Å². The van der Waals surface area contributed by atoms with E-state index in [1.807, 2.05) is 0 Å². The fraction of sp³-hybridized carbons (Fsp3) is 0.714. The standard InChI is InChI=1S/C14H23N3/c1-9(2)13-11-5-7-15-8-6-12(11)14(10(3)4)17-16-13/h9-10,15H,5-8H2,1-4H3. The normalized spacial score (nSPS) is 16.1. The smallest absolute Gasteiger partial charge is 0.0691 e. The molecular weight excluding hydrogens is 210 g/mol. The number of fused-ring (bicyclic) bond motifs is 1. The van der Waals surface area contributed by atoms with E-state index in [4.69, 9.17) is 0 Å². The Bertz CT molecular complexity index is 360. The van der Waals surface area contributed by atoms with Gasteiger partial charge in [0.2, 0.25) is 0 Å². The van der Waals surface area contributed by atoms with Crippen LogP contribution in [0.15, 0.2) is 0 Å². The van der Waals surface area contributed by atoms with Crippen LogP contribution in [0.1, 0.15) is 62.0 Å². The number of aromatic nitrogens is 2. The number of hydrogen-bond donors (Lipinski definition) is 1. The molecule has 1 aliphatic rings. The molecule has 0 spiro atoms. The average Bonchev–Trinajstić information content (AvgIpc) is 2.52. The highest BCUT2D eigenvalue weighted by Crippen LogP contribution is 2.27. The fourth-order valence-corrected chi connectivity index (χ4v) is 2.58. The van der Waals surface area contributed by atoms with Crippen molar-refractivity contribution in [1.82, 2.24) is 15.5 Å². The number of rotatable bonds is 2. The highest BCUT2D eigenvalue weighted by molar-refractivity contribution is 5.37. The quantitative estimate of drug-likeness (QED) is 0.852. The summed E-state index contributed by atoms with van der Waals surface area (Å²) < 4.78 is 0. The molecule has 0 aromatic carbocycles. The first-order valence-electron chi connectivity index (χ1n) is 6.70. The Morgan fingerprint density at radius 2 is 1.24 bits per heavy atom. The van der Waals surface area contributed by atoms with Crippen molar-refractivity contribution in [2.45, 2.75) is 52.4 Å². The second kappa shape index (κ2) is 5.13. The Morgan fingerprint density at radius 1 is 0.824 bits per heavy atom. The first kappa shape index (κ1) is 12.5. The van der Waals surface area contributed by atoms with E-state index < -0.39 is 0 Å². The number of hydrogen-bond acceptors (Lipinski definition) is 3. The minimum atomic E-state index is 0.468. The van der Waals surface area contributed by atoms with Crippen molar-refractivity contribution in [1.29, 1.82) is 0 Å². The van der Waals surface area contributed by atoms with E-state index in [0.29, 0.717) is 11.8 Å². The summed E-state index contributed by atoms with van der Waals surface area (Å²) in [5, 5.41) is 12.4. The average molecular weight is 233 g/mol. The van der Waals surface area contributed by atoms with Crippen LogP contribution in [0.4, 0.5) is 0 Å². The second-order valence-electron chi connectivity index (χ2n) is 5.49. The molecule has 0 saturated carbocycles. The first-order valence-corrected chi connectivity index (χ1v) is 6.70. The van der Waals surface area contributed by atoms with Crippen LogP contribution in [0, 0.1) is 0 Å². The molecule has 0 saturated heterocycles. The van der Waals surface area contributed by atoms with Crippen molar-refractivity contribution >= 4 is 0 Å². The van der Waals surface area contributed by atoms with Crippen molar-refractivity contribution < 1.29 is 0 Å². The predicted octanol–water partition coefficient (Wildman–Crippen LogP) is 2.41. The molecule has 2 rings (SSSR count). The molecule has 0 radical (unpaired) electrons. The Kier molecular flexibility index (Phi) is 3.77. The Balaban J connectivity index is 2.54. The molecule has 0 unspecified atom stereocenters. The molecule has 1 N–H and O–H groups in total. The van der Waals surface area contributed by atoms with Crippen LogP contribution in [0.25, 0.3) is 0 Å². The summed E-state index contributed by atoms with van der Waals surface area (Å²) in [6.45, 7) is 11.0. The zero-order valence-electron chi connectivity index (χ0n) is 11.4. The molecule has 1 aromatic rings. The van der Waals surface area contributed by atoms with Gasteiger partial charge in [0.05, 0.1) is 11.4 Å². The highest BCUT2D eigenvalue weighted by Gasteiger charge is 2.20. The van der Waals surface area contributed by atoms with E-state index in [-0.39, 0.29) is 0 Å². The van der Waals surface area contributed by atoms with Gasteiger partial charge in [0.25, 0.3) is 0 Å². The van der Waals surface area contributed by atoms with Crippen LogP contribution in [0.2, 0.25) is 0 Å². The second-order valence-corrected chi connectivity index (χ2v) is 5.49. The first-order chi connectivity index (χ1) is 8.11. The molecule has 94 valence electrons. The summed E-state index contributed by atoms with van der Waals surface area (Å²) in [5.41, 5.74) is 5.33. The summed E-state index contributed by atoms with van der Waals surface area (Å²) in [6.07, 6.45) is 2.19. The van der Waals surface area contributed by atoms with Crippen LogP contribution in [-0.4, -0.2) is 23.3 Å². The van der Waals surface area contributed by atoms with Crippen LogP contribution in [0.5, 0.6) is 0 Å². The van der Waals surface area contributed by atoms with Crippen molar-refractivity contribution in [2.24, 2.45) is 0 Å². The molecular formula is C14H23N3. The van der Waals surface area contributed by atoms with Crippen molar-refractivity contribution in [3.8, 4) is 0 Å². The number of nitrogens with zero attached hydrogens (tertiary/aromatic N) is 2. The maximum absolute atomic E-state index is 4.48. The molecule has 1 aromatic heterocycles. The lowest BCUT2D eigenvalue weighted by molar-refractivity contribution is 0.701. The van der Waals surface area contributed by atoms with Gasteiger partial charge in [0.1, 0.15) is 0 Å². The van der Waals surface area contributed by atoms with Gasteiger partial charge in [0.15, 0.2) is 0 Å². The number of nitrogens with one attached hydrogen (secondary N) is 1. The lowest BCUT2D eigenvalue weighted by Gasteiger charge is -2.18. The molecule has 0 amide bonds. The van der Waals surface area contributed by atoms with E-state index in [0.717, 1.165) is 25.9 Å². The van der Waals surface area contributed by atoms with Gasteiger partial charge in [-0.15, -0.1) is 0 Å². The van der Waals surface area contributed by atoms with E-state index in [1.165, 1.54) is 22.5 Å². The zero-order valence-corrected chi connectivity index (χ0v) is 11.4. The van der Waals surface area contributed by atoms with Gasteiger partial charge in [0, 0.05) is 0 Å². The summed E-state index contributed by atoms with van der Waals surface area (Å²) in [5.74, 6) is 0.936. The summed E-state index contributed by atoms with van der Waals surface area (Å²) in [4.78, 5) is 0. The largest absolute Gasteiger partial charge is 0.316 e. The van der Waals surface area contributed by atoms with Crippen LogP contribution >= 0.6 is 0 Å². The summed E-state index contributed by atoms with van der Waals surface area (Å²) >= 11 is 0. The van der Waals surface area contributed by atoms with Gasteiger partial charge in [-0.05, 0) is 48.9 Å².